The fourth-order valence-corrected chi connectivity index (χ4v) is 2.93. The van der Waals surface area contributed by atoms with E-state index in [4.69, 9.17) is 5.73 Å². The largest absolute Gasteiger partial charge is 0.368 e. The molecule has 0 amide bonds. The van der Waals surface area contributed by atoms with Crippen LogP contribution in [-0.2, 0) is 5.75 Å². The molecule has 6 heteroatoms. The minimum atomic E-state index is 0.223. The minimum absolute atomic E-state index is 0.223. The first kappa shape index (κ1) is 16.3. The number of benzene rings is 2. The topological polar surface area (TPSA) is 76.7 Å². The highest BCUT2D eigenvalue weighted by Crippen LogP contribution is 2.23. The molecule has 24 heavy (non-hydrogen) atoms. The highest BCUT2D eigenvalue weighted by atomic mass is 32.2. The second kappa shape index (κ2) is 7.31. The van der Waals surface area contributed by atoms with E-state index in [0.717, 1.165) is 11.3 Å². The molecule has 3 rings (SSSR count). The average molecular weight is 337 g/mol. The number of nitrogens with zero attached hydrogens (tertiary/aromatic N) is 3. The van der Waals surface area contributed by atoms with Gasteiger partial charge in [-0.2, -0.15) is 15.0 Å². The molecule has 0 saturated carbocycles. The molecule has 0 radical (unpaired) electrons. The van der Waals surface area contributed by atoms with Crippen LogP contribution < -0.4 is 11.1 Å². The second-order valence-corrected chi connectivity index (χ2v) is 6.52. The van der Waals surface area contributed by atoms with Crippen LogP contribution in [0, 0.1) is 13.8 Å². The lowest BCUT2D eigenvalue weighted by Gasteiger charge is -2.09. The first-order valence-corrected chi connectivity index (χ1v) is 8.61. The van der Waals surface area contributed by atoms with Crippen molar-refractivity contribution in [2.75, 3.05) is 11.1 Å². The quantitative estimate of drug-likeness (QED) is 0.682. The average Bonchev–Trinajstić information content (AvgIpc) is 2.56. The van der Waals surface area contributed by atoms with E-state index in [0.29, 0.717) is 17.5 Å². The Kier molecular flexibility index (Phi) is 4.96. The van der Waals surface area contributed by atoms with E-state index in [2.05, 4.69) is 51.5 Å². The highest BCUT2D eigenvalue weighted by Gasteiger charge is 2.07. The maximum absolute atomic E-state index is 5.83. The lowest BCUT2D eigenvalue weighted by atomic mass is 10.2. The van der Waals surface area contributed by atoms with Crippen LogP contribution in [0.15, 0.2) is 53.4 Å². The molecule has 3 N–H and O–H groups in total. The SMILES string of the molecule is Cc1ccc(SCc2nc(N)nc(Nc3ccccc3C)n2)cc1. The summed E-state index contributed by atoms with van der Waals surface area (Å²) in [5, 5.41) is 3.21. The highest BCUT2D eigenvalue weighted by molar-refractivity contribution is 7.98. The van der Waals surface area contributed by atoms with Crippen molar-refractivity contribution in [3.05, 3.63) is 65.5 Å². The maximum Gasteiger partial charge on any atom is 0.232 e. The van der Waals surface area contributed by atoms with Crippen molar-refractivity contribution < 1.29 is 0 Å². The number of nitrogens with one attached hydrogen (secondary N) is 1. The number of aryl methyl sites for hydroxylation is 2. The number of hydrogen-bond acceptors (Lipinski definition) is 6. The molecule has 0 aliphatic heterocycles. The van der Waals surface area contributed by atoms with Crippen LogP contribution in [0.4, 0.5) is 17.6 Å². The summed E-state index contributed by atoms with van der Waals surface area (Å²) in [6.45, 7) is 4.10. The zero-order valence-corrected chi connectivity index (χ0v) is 14.5. The second-order valence-electron chi connectivity index (χ2n) is 5.48. The van der Waals surface area contributed by atoms with Crippen LogP contribution in [0.25, 0.3) is 0 Å². The number of hydrogen-bond donors (Lipinski definition) is 2. The normalized spacial score (nSPS) is 10.6. The summed E-state index contributed by atoms with van der Waals surface area (Å²) < 4.78 is 0. The first-order chi connectivity index (χ1) is 11.6. The Morgan fingerprint density at radius 2 is 1.71 bits per heavy atom. The molecule has 0 atom stereocenters. The maximum atomic E-state index is 5.83. The van der Waals surface area contributed by atoms with Crippen LogP contribution in [0.2, 0.25) is 0 Å². The van der Waals surface area contributed by atoms with Gasteiger partial charge in [0.15, 0.2) is 0 Å². The number of para-hydroxylation sites is 1. The Balaban J connectivity index is 1.74. The van der Waals surface area contributed by atoms with Crippen molar-refractivity contribution >= 4 is 29.3 Å². The minimum Gasteiger partial charge on any atom is -0.368 e. The summed E-state index contributed by atoms with van der Waals surface area (Å²) in [6.07, 6.45) is 0. The fourth-order valence-electron chi connectivity index (χ4n) is 2.17. The van der Waals surface area contributed by atoms with Crippen molar-refractivity contribution in [2.45, 2.75) is 24.5 Å². The standard InChI is InChI=1S/C18H19N5S/c1-12-7-9-14(10-8-12)24-11-16-21-17(19)23-18(22-16)20-15-6-4-3-5-13(15)2/h3-10H,11H2,1-2H3,(H3,19,20,21,22,23). The van der Waals surface area contributed by atoms with Crippen LogP contribution in [0.5, 0.6) is 0 Å². The molecule has 0 aliphatic rings. The molecule has 0 aliphatic carbocycles. The molecule has 3 aromatic rings. The molecular formula is C18H19N5S. The van der Waals surface area contributed by atoms with Gasteiger partial charge in [0.05, 0.1) is 5.75 Å². The van der Waals surface area contributed by atoms with E-state index in [1.54, 1.807) is 11.8 Å². The number of anilines is 3. The number of rotatable bonds is 5. The molecule has 5 nitrogen and oxygen atoms in total. The third kappa shape index (κ3) is 4.23. The summed E-state index contributed by atoms with van der Waals surface area (Å²) in [7, 11) is 0. The molecule has 0 bridgehead atoms. The van der Waals surface area contributed by atoms with Gasteiger partial charge in [0.1, 0.15) is 5.82 Å². The number of nitrogen functional groups attached to an aromatic ring is 1. The van der Waals surface area contributed by atoms with Crippen molar-refractivity contribution in [3.63, 3.8) is 0 Å². The van der Waals surface area contributed by atoms with Gasteiger partial charge >= 0.3 is 0 Å². The van der Waals surface area contributed by atoms with Gasteiger partial charge in [0.2, 0.25) is 11.9 Å². The Morgan fingerprint density at radius 3 is 2.46 bits per heavy atom. The Hall–Kier alpha value is -2.60. The Bertz CT molecular complexity index is 833. The molecular weight excluding hydrogens is 318 g/mol. The molecule has 0 fully saturated rings. The van der Waals surface area contributed by atoms with E-state index in [9.17, 15) is 0 Å². The van der Waals surface area contributed by atoms with Crippen LogP contribution in [-0.4, -0.2) is 15.0 Å². The zero-order chi connectivity index (χ0) is 16.9. The summed E-state index contributed by atoms with van der Waals surface area (Å²) >= 11 is 1.67. The lowest BCUT2D eigenvalue weighted by Crippen LogP contribution is -2.07. The molecule has 0 saturated heterocycles. The predicted octanol–water partition coefficient (Wildman–Crippen LogP) is 4.11. The number of aromatic nitrogens is 3. The first-order valence-electron chi connectivity index (χ1n) is 7.63. The molecule has 0 spiro atoms. The molecule has 2 aromatic carbocycles. The van der Waals surface area contributed by atoms with E-state index in [1.807, 2.05) is 31.2 Å². The van der Waals surface area contributed by atoms with Gasteiger partial charge in [0.25, 0.3) is 0 Å². The van der Waals surface area contributed by atoms with E-state index < -0.39 is 0 Å². The van der Waals surface area contributed by atoms with Crippen molar-refractivity contribution in [2.24, 2.45) is 0 Å². The Labute approximate surface area is 145 Å². The van der Waals surface area contributed by atoms with Gasteiger partial charge < -0.3 is 11.1 Å². The van der Waals surface area contributed by atoms with Gasteiger partial charge in [-0.05, 0) is 37.6 Å². The molecule has 0 unspecified atom stereocenters. The van der Waals surface area contributed by atoms with Gasteiger partial charge in [-0.15, -0.1) is 11.8 Å². The summed E-state index contributed by atoms with van der Waals surface area (Å²) in [5.74, 6) is 1.99. The lowest BCUT2D eigenvalue weighted by molar-refractivity contribution is 0.981. The van der Waals surface area contributed by atoms with Gasteiger partial charge in [-0.3, -0.25) is 0 Å². The van der Waals surface area contributed by atoms with Gasteiger partial charge in [-0.1, -0.05) is 35.9 Å². The monoisotopic (exact) mass is 337 g/mol. The summed E-state index contributed by atoms with van der Waals surface area (Å²) in [6, 6.07) is 16.3. The van der Waals surface area contributed by atoms with Gasteiger partial charge in [-0.25, -0.2) is 0 Å². The van der Waals surface area contributed by atoms with Crippen LogP contribution in [0.1, 0.15) is 17.0 Å². The third-order valence-corrected chi connectivity index (χ3v) is 4.49. The Morgan fingerprint density at radius 1 is 0.958 bits per heavy atom. The smallest absolute Gasteiger partial charge is 0.232 e. The van der Waals surface area contributed by atoms with E-state index in [-0.39, 0.29) is 5.95 Å². The predicted molar refractivity (Wildman–Crippen MR) is 99.4 cm³/mol. The van der Waals surface area contributed by atoms with Crippen LogP contribution >= 0.6 is 11.8 Å². The molecule has 122 valence electrons. The van der Waals surface area contributed by atoms with Gasteiger partial charge in [0, 0.05) is 10.6 Å². The van der Waals surface area contributed by atoms with Crippen molar-refractivity contribution in [1.29, 1.82) is 0 Å². The molecule has 1 aromatic heterocycles. The fraction of sp³-hybridized carbons (Fsp3) is 0.167. The number of nitrogens with two attached hydrogens (primary N) is 1. The van der Waals surface area contributed by atoms with E-state index >= 15 is 0 Å². The third-order valence-electron chi connectivity index (χ3n) is 3.48. The zero-order valence-electron chi connectivity index (χ0n) is 13.7. The summed E-state index contributed by atoms with van der Waals surface area (Å²) in [5.41, 5.74) is 9.15. The van der Waals surface area contributed by atoms with Crippen molar-refractivity contribution in [1.82, 2.24) is 15.0 Å². The van der Waals surface area contributed by atoms with Crippen LogP contribution in [0.3, 0.4) is 0 Å². The van der Waals surface area contributed by atoms with Crippen molar-refractivity contribution in [3.8, 4) is 0 Å². The summed E-state index contributed by atoms with van der Waals surface area (Å²) in [4.78, 5) is 14.0. The molecule has 1 heterocycles. The van der Waals surface area contributed by atoms with E-state index in [1.165, 1.54) is 10.5 Å². The number of thioether (sulfide) groups is 1.